The molecule has 0 amide bonds. The van der Waals surface area contributed by atoms with Crippen LogP contribution in [-0.2, 0) is 0 Å². The van der Waals surface area contributed by atoms with E-state index in [0.29, 0.717) is 4.47 Å². The number of anilines is 1. The first-order chi connectivity index (χ1) is 5.95. The van der Waals surface area contributed by atoms with Crippen LogP contribution in [0.25, 0.3) is 0 Å². The highest BCUT2D eigenvalue weighted by Gasteiger charge is 2.18. The summed E-state index contributed by atoms with van der Waals surface area (Å²) in [5.74, 6) is -1.27. The van der Waals surface area contributed by atoms with Gasteiger partial charge in [0.15, 0.2) is 5.69 Å². The molecule has 1 aromatic rings. The van der Waals surface area contributed by atoms with Gasteiger partial charge in [0.05, 0.1) is 15.2 Å². The molecule has 0 aromatic carbocycles. The van der Waals surface area contributed by atoms with Gasteiger partial charge in [-0.1, -0.05) is 23.2 Å². The number of carboxylic acids is 1. The summed E-state index contributed by atoms with van der Waals surface area (Å²) in [5, 5.41) is 8.48. The van der Waals surface area contributed by atoms with Crippen molar-refractivity contribution < 1.29 is 9.90 Å². The Bertz CT molecular complexity index is 383. The van der Waals surface area contributed by atoms with Gasteiger partial charge in [-0.05, 0) is 15.9 Å². The maximum atomic E-state index is 10.6. The van der Waals surface area contributed by atoms with Crippen LogP contribution < -0.4 is 5.73 Å². The van der Waals surface area contributed by atoms with Gasteiger partial charge in [-0.15, -0.1) is 0 Å². The molecule has 0 aliphatic heterocycles. The number of pyridine rings is 1. The standard InChI is InChI=1S/C6H3BrCl2N2O2/c7-1-3(10)2(8)4(6(12)13)11-5(1)9/h(H2,10,11)(H,12,13). The first-order valence-electron chi connectivity index (χ1n) is 2.98. The number of nitrogens with two attached hydrogens (primary N) is 1. The number of halogens is 3. The molecule has 0 aliphatic rings. The Morgan fingerprint density at radius 3 is 2.54 bits per heavy atom. The van der Waals surface area contributed by atoms with Crippen molar-refractivity contribution in [3.8, 4) is 0 Å². The highest BCUT2D eigenvalue weighted by Crippen LogP contribution is 2.34. The molecule has 0 unspecified atom stereocenters. The van der Waals surface area contributed by atoms with Gasteiger partial charge in [0.2, 0.25) is 0 Å². The summed E-state index contributed by atoms with van der Waals surface area (Å²) >= 11 is 14.2. The summed E-state index contributed by atoms with van der Waals surface area (Å²) in [6.07, 6.45) is 0. The molecule has 1 rings (SSSR count). The fraction of sp³-hybridized carbons (Fsp3) is 0. The second kappa shape index (κ2) is 3.69. The van der Waals surface area contributed by atoms with Crippen LogP contribution in [0.3, 0.4) is 0 Å². The highest BCUT2D eigenvalue weighted by atomic mass is 79.9. The molecule has 1 aromatic heterocycles. The number of nitrogen functional groups attached to an aromatic ring is 1. The van der Waals surface area contributed by atoms with Crippen LogP contribution in [0.2, 0.25) is 10.2 Å². The number of nitrogens with zero attached hydrogens (tertiary/aromatic N) is 1. The molecule has 0 saturated heterocycles. The summed E-state index contributed by atoms with van der Waals surface area (Å²) < 4.78 is 0.296. The van der Waals surface area contributed by atoms with E-state index in [1.165, 1.54) is 0 Å². The molecule has 4 nitrogen and oxygen atoms in total. The lowest BCUT2D eigenvalue weighted by molar-refractivity contribution is 0.0691. The van der Waals surface area contributed by atoms with Crippen molar-refractivity contribution >= 4 is 50.8 Å². The van der Waals surface area contributed by atoms with E-state index in [2.05, 4.69) is 20.9 Å². The highest BCUT2D eigenvalue weighted by molar-refractivity contribution is 9.10. The largest absolute Gasteiger partial charge is 0.476 e. The lowest BCUT2D eigenvalue weighted by Gasteiger charge is -2.05. The molecule has 13 heavy (non-hydrogen) atoms. The maximum absolute atomic E-state index is 10.6. The molecule has 70 valence electrons. The van der Waals surface area contributed by atoms with Gasteiger partial charge < -0.3 is 10.8 Å². The normalized spacial score (nSPS) is 10.1. The summed E-state index contributed by atoms with van der Waals surface area (Å²) in [4.78, 5) is 14.1. The van der Waals surface area contributed by atoms with Crippen LogP contribution >= 0.6 is 39.1 Å². The van der Waals surface area contributed by atoms with E-state index in [9.17, 15) is 4.79 Å². The molecule has 0 bridgehead atoms. The van der Waals surface area contributed by atoms with E-state index in [4.69, 9.17) is 34.0 Å². The number of carboxylic acid groups (broad SMARTS) is 1. The van der Waals surface area contributed by atoms with E-state index in [1.807, 2.05) is 0 Å². The third-order valence-corrected chi connectivity index (χ3v) is 2.96. The number of aromatic carboxylic acids is 1. The Morgan fingerprint density at radius 2 is 2.08 bits per heavy atom. The zero-order chi connectivity index (χ0) is 10.2. The van der Waals surface area contributed by atoms with Crippen molar-refractivity contribution in [2.24, 2.45) is 0 Å². The van der Waals surface area contributed by atoms with Crippen molar-refractivity contribution in [2.45, 2.75) is 0 Å². The first kappa shape index (κ1) is 10.6. The Balaban J connectivity index is 3.50. The number of rotatable bonds is 1. The third kappa shape index (κ3) is 1.87. The van der Waals surface area contributed by atoms with Gasteiger partial charge in [-0.3, -0.25) is 0 Å². The van der Waals surface area contributed by atoms with E-state index < -0.39 is 5.97 Å². The Kier molecular flexibility index (Phi) is 3.00. The summed E-state index contributed by atoms with van der Waals surface area (Å²) in [6, 6.07) is 0. The molecule has 1 heterocycles. The Hall–Kier alpha value is -0.520. The van der Waals surface area contributed by atoms with E-state index in [1.54, 1.807) is 0 Å². The minimum atomic E-state index is -1.27. The number of aromatic nitrogens is 1. The van der Waals surface area contributed by atoms with Crippen molar-refractivity contribution in [3.05, 3.63) is 20.3 Å². The SMILES string of the molecule is Nc1c(Cl)c(C(=O)O)nc(Cl)c1Br. The molecule has 0 atom stereocenters. The summed E-state index contributed by atoms with van der Waals surface area (Å²) in [6.45, 7) is 0. The molecule has 0 aliphatic carbocycles. The molecule has 3 N–H and O–H groups in total. The fourth-order valence-corrected chi connectivity index (χ4v) is 1.48. The van der Waals surface area contributed by atoms with Crippen molar-refractivity contribution in [2.75, 3.05) is 5.73 Å². The summed E-state index contributed by atoms with van der Waals surface area (Å²) in [7, 11) is 0. The van der Waals surface area contributed by atoms with Crippen LogP contribution in [0.15, 0.2) is 4.47 Å². The summed E-state index contributed by atoms with van der Waals surface area (Å²) in [5.41, 5.74) is 5.17. The van der Waals surface area contributed by atoms with Gasteiger partial charge >= 0.3 is 5.97 Å². The lowest BCUT2D eigenvalue weighted by Crippen LogP contribution is -2.05. The first-order valence-corrected chi connectivity index (χ1v) is 4.53. The van der Waals surface area contributed by atoms with Crippen molar-refractivity contribution in [3.63, 3.8) is 0 Å². The molecule has 0 saturated carbocycles. The Morgan fingerprint density at radius 1 is 1.54 bits per heavy atom. The predicted molar refractivity (Wildman–Crippen MR) is 53.3 cm³/mol. The second-order valence-electron chi connectivity index (χ2n) is 2.10. The van der Waals surface area contributed by atoms with Crippen LogP contribution in [0.5, 0.6) is 0 Å². The number of hydrogen-bond donors (Lipinski definition) is 2. The monoisotopic (exact) mass is 284 g/mol. The topological polar surface area (TPSA) is 76.2 Å². The lowest BCUT2D eigenvalue weighted by atomic mass is 10.3. The average molecular weight is 286 g/mol. The van der Waals surface area contributed by atoms with Gasteiger partial charge in [0.25, 0.3) is 0 Å². The van der Waals surface area contributed by atoms with E-state index in [-0.39, 0.29) is 21.6 Å². The van der Waals surface area contributed by atoms with Crippen LogP contribution in [0.1, 0.15) is 10.5 Å². The van der Waals surface area contributed by atoms with Gasteiger partial charge in [0.1, 0.15) is 5.15 Å². The molecular weight excluding hydrogens is 283 g/mol. The van der Waals surface area contributed by atoms with Crippen LogP contribution in [-0.4, -0.2) is 16.1 Å². The maximum Gasteiger partial charge on any atom is 0.356 e. The van der Waals surface area contributed by atoms with Crippen molar-refractivity contribution in [1.82, 2.24) is 4.98 Å². The smallest absolute Gasteiger partial charge is 0.356 e. The minimum absolute atomic E-state index is 0.0284. The number of carbonyl (C=O) groups is 1. The molecule has 0 radical (unpaired) electrons. The quantitative estimate of drug-likeness (QED) is 0.777. The van der Waals surface area contributed by atoms with Gasteiger partial charge in [0, 0.05) is 0 Å². The fourth-order valence-electron chi connectivity index (χ4n) is 0.673. The Labute approximate surface area is 91.8 Å². The average Bonchev–Trinajstić information content (AvgIpc) is 2.07. The molecule has 0 spiro atoms. The van der Waals surface area contributed by atoms with E-state index in [0.717, 1.165) is 0 Å². The minimum Gasteiger partial charge on any atom is -0.476 e. The van der Waals surface area contributed by atoms with E-state index >= 15 is 0 Å². The predicted octanol–water partition coefficient (Wildman–Crippen LogP) is 2.43. The van der Waals surface area contributed by atoms with Crippen LogP contribution in [0, 0.1) is 0 Å². The van der Waals surface area contributed by atoms with Gasteiger partial charge in [-0.2, -0.15) is 0 Å². The third-order valence-electron chi connectivity index (χ3n) is 1.27. The zero-order valence-electron chi connectivity index (χ0n) is 6.01. The molecular formula is C6H3BrCl2N2O2. The van der Waals surface area contributed by atoms with Crippen LogP contribution in [0.4, 0.5) is 5.69 Å². The molecule has 0 fully saturated rings. The molecule has 7 heteroatoms. The van der Waals surface area contributed by atoms with Gasteiger partial charge in [-0.25, -0.2) is 9.78 Å². The van der Waals surface area contributed by atoms with Crippen molar-refractivity contribution in [1.29, 1.82) is 0 Å². The number of hydrogen-bond acceptors (Lipinski definition) is 3. The zero-order valence-corrected chi connectivity index (χ0v) is 9.11. The second-order valence-corrected chi connectivity index (χ2v) is 3.63.